The third-order valence-electron chi connectivity index (χ3n) is 4.15. The molecule has 0 saturated heterocycles. The maximum Gasteiger partial charge on any atom is 0.191 e. The van der Waals surface area contributed by atoms with Crippen LogP contribution in [0.5, 0.6) is 0 Å². The summed E-state index contributed by atoms with van der Waals surface area (Å²) in [6.45, 7) is 9.64. The normalized spacial score (nSPS) is 11.1. The number of benzene rings is 1. The highest BCUT2D eigenvalue weighted by Gasteiger charge is 2.03. The van der Waals surface area contributed by atoms with Crippen molar-refractivity contribution in [3.63, 3.8) is 0 Å². The lowest BCUT2D eigenvalue weighted by molar-refractivity contribution is 0.628. The maximum atomic E-state index is 4.74. The monoisotopic (exact) mass is 470 g/mol. The molecule has 0 bridgehead atoms. The van der Waals surface area contributed by atoms with E-state index in [0.29, 0.717) is 6.54 Å². The maximum absolute atomic E-state index is 4.74. The van der Waals surface area contributed by atoms with Crippen LogP contribution in [0.3, 0.4) is 0 Å². The number of aliphatic imine (C=N–C) groups is 1. The Balaban J connectivity index is 0.00000338. The number of nitrogens with zero attached hydrogens (tertiary/aromatic N) is 4. The highest BCUT2D eigenvalue weighted by Crippen LogP contribution is 2.07. The van der Waals surface area contributed by atoms with Crippen molar-refractivity contribution in [2.75, 3.05) is 13.1 Å². The van der Waals surface area contributed by atoms with E-state index in [1.54, 1.807) is 6.33 Å². The number of unbranched alkanes of at least 4 members (excludes halogenated alkanes) is 1. The molecule has 1 heterocycles. The standard InChI is InChI=1S/C19H30N6.HI/c1-4-6-11-20-19(22-14-17-10-8-7-9-16(17)3)21-12-13-25-15-23-24-18(25)5-2;/h7-10,15H,4-6,11-14H2,1-3H3,(H2,20,21,22);1H. The van der Waals surface area contributed by atoms with Crippen molar-refractivity contribution in [2.24, 2.45) is 4.99 Å². The Labute approximate surface area is 173 Å². The van der Waals surface area contributed by atoms with E-state index in [1.807, 2.05) is 0 Å². The summed E-state index contributed by atoms with van der Waals surface area (Å²) in [6.07, 6.45) is 4.98. The van der Waals surface area contributed by atoms with Gasteiger partial charge in [0.2, 0.25) is 0 Å². The molecule has 0 radical (unpaired) electrons. The molecule has 1 aromatic carbocycles. The van der Waals surface area contributed by atoms with Crippen molar-refractivity contribution < 1.29 is 0 Å². The van der Waals surface area contributed by atoms with Gasteiger partial charge in [0.05, 0.1) is 6.54 Å². The van der Waals surface area contributed by atoms with Gasteiger partial charge in [-0.05, 0) is 24.5 Å². The van der Waals surface area contributed by atoms with Crippen molar-refractivity contribution in [1.29, 1.82) is 0 Å². The molecule has 2 N–H and O–H groups in total. The van der Waals surface area contributed by atoms with Gasteiger partial charge in [0.15, 0.2) is 5.96 Å². The van der Waals surface area contributed by atoms with Gasteiger partial charge in [-0.3, -0.25) is 0 Å². The Bertz CT molecular complexity index is 668. The lowest BCUT2D eigenvalue weighted by Gasteiger charge is -2.13. The van der Waals surface area contributed by atoms with Crippen molar-refractivity contribution in [1.82, 2.24) is 25.4 Å². The lowest BCUT2D eigenvalue weighted by Crippen LogP contribution is -2.39. The molecule has 0 unspecified atom stereocenters. The molecule has 7 heteroatoms. The molecule has 0 aliphatic carbocycles. The van der Waals surface area contributed by atoms with Gasteiger partial charge in [0.25, 0.3) is 0 Å². The van der Waals surface area contributed by atoms with Gasteiger partial charge in [-0.2, -0.15) is 0 Å². The molecule has 144 valence electrons. The molecule has 0 aliphatic heterocycles. The summed E-state index contributed by atoms with van der Waals surface area (Å²) in [4.78, 5) is 4.74. The number of rotatable bonds is 9. The van der Waals surface area contributed by atoms with E-state index in [1.165, 1.54) is 17.5 Å². The van der Waals surface area contributed by atoms with Gasteiger partial charge in [0, 0.05) is 26.1 Å². The third kappa shape index (κ3) is 7.31. The fourth-order valence-electron chi connectivity index (χ4n) is 2.54. The van der Waals surface area contributed by atoms with Gasteiger partial charge in [-0.1, -0.05) is 44.5 Å². The molecule has 0 aliphatic rings. The minimum absolute atomic E-state index is 0. The first-order chi connectivity index (χ1) is 12.2. The van der Waals surface area contributed by atoms with Crippen LogP contribution in [-0.2, 0) is 19.5 Å². The summed E-state index contributed by atoms with van der Waals surface area (Å²) in [5.41, 5.74) is 2.53. The summed E-state index contributed by atoms with van der Waals surface area (Å²) >= 11 is 0. The smallest absolute Gasteiger partial charge is 0.191 e. The summed E-state index contributed by atoms with van der Waals surface area (Å²) < 4.78 is 2.08. The summed E-state index contributed by atoms with van der Waals surface area (Å²) in [5.74, 6) is 1.88. The Kier molecular flexibility index (Phi) is 10.9. The molecule has 0 amide bonds. The zero-order valence-corrected chi connectivity index (χ0v) is 18.4. The number of guanidine groups is 1. The zero-order chi connectivity index (χ0) is 17.9. The highest BCUT2D eigenvalue weighted by atomic mass is 127. The molecular formula is C19H31IN6. The lowest BCUT2D eigenvalue weighted by atomic mass is 10.1. The van der Waals surface area contributed by atoms with Crippen molar-refractivity contribution in [3.05, 3.63) is 47.5 Å². The predicted molar refractivity (Wildman–Crippen MR) is 118 cm³/mol. The largest absolute Gasteiger partial charge is 0.356 e. The molecule has 0 fully saturated rings. The molecule has 0 spiro atoms. The van der Waals surface area contributed by atoms with Crippen LogP contribution in [0.15, 0.2) is 35.6 Å². The van der Waals surface area contributed by atoms with E-state index < -0.39 is 0 Å². The summed E-state index contributed by atoms with van der Waals surface area (Å²) in [6, 6.07) is 8.38. The van der Waals surface area contributed by atoms with Crippen LogP contribution < -0.4 is 10.6 Å². The molecule has 6 nitrogen and oxygen atoms in total. The number of nitrogens with one attached hydrogen (secondary N) is 2. The number of aromatic nitrogens is 3. The van der Waals surface area contributed by atoms with E-state index in [-0.39, 0.29) is 24.0 Å². The van der Waals surface area contributed by atoms with Crippen LogP contribution >= 0.6 is 24.0 Å². The Hall–Kier alpha value is -1.64. The SMILES string of the molecule is CCCCNC(=NCc1ccccc1C)NCCn1cnnc1CC.I. The van der Waals surface area contributed by atoms with Crippen LogP contribution in [0.1, 0.15) is 43.6 Å². The van der Waals surface area contributed by atoms with E-state index in [0.717, 1.165) is 44.3 Å². The van der Waals surface area contributed by atoms with Crippen molar-refractivity contribution in [2.45, 2.75) is 53.1 Å². The topological polar surface area (TPSA) is 67.1 Å². The van der Waals surface area contributed by atoms with Crippen LogP contribution in [0, 0.1) is 6.92 Å². The number of aryl methyl sites for hydroxylation is 2. The molecule has 2 rings (SSSR count). The fourth-order valence-corrected chi connectivity index (χ4v) is 2.54. The van der Waals surface area contributed by atoms with Crippen molar-refractivity contribution in [3.8, 4) is 0 Å². The van der Waals surface area contributed by atoms with Gasteiger partial charge in [0.1, 0.15) is 12.2 Å². The first-order valence-corrected chi connectivity index (χ1v) is 9.18. The Morgan fingerprint density at radius 1 is 1.15 bits per heavy atom. The minimum Gasteiger partial charge on any atom is -0.356 e. The minimum atomic E-state index is 0. The highest BCUT2D eigenvalue weighted by molar-refractivity contribution is 14.0. The molecule has 26 heavy (non-hydrogen) atoms. The third-order valence-corrected chi connectivity index (χ3v) is 4.15. The van der Waals surface area contributed by atoms with E-state index in [4.69, 9.17) is 4.99 Å². The first-order valence-electron chi connectivity index (χ1n) is 9.18. The van der Waals surface area contributed by atoms with Crippen LogP contribution in [0.2, 0.25) is 0 Å². The van der Waals surface area contributed by atoms with E-state index >= 15 is 0 Å². The summed E-state index contributed by atoms with van der Waals surface area (Å²) in [7, 11) is 0. The number of halogens is 1. The first kappa shape index (κ1) is 22.4. The molecule has 2 aromatic rings. The number of hydrogen-bond acceptors (Lipinski definition) is 3. The second kappa shape index (κ2) is 12.7. The van der Waals surface area contributed by atoms with Crippen LogP contribution in [-0.4, -0.2) is 33.8 Å². The van der Waals surface area contributed by atoms with E-state index in [9.17, 15) is 0 Å². The van der Waals surface area contributed by atoms with Gasteiger partial charge < -0.3 is 15.2 Å². The zero-order valence-electron chi connectivity index (χ0n) is 16.0. The van der Waals surface area contributed by atoms with Gasteiger partial charge in [-0.15, -0.1) is 34.2 Å². The van der Waals surface area contributed by atoms with E-state index in [2.05, 4.69) is 70.4 Å². The van der Waals surface area contributed by atoms with Crippen molar-refractivity contribution >= 4 is 29.9 Å². The molecule has 0 atom stereocenters. The second-order valence-electron chi connectivity index (χ2n) is 6.09. The second-order valence-corrected chi connectivity index (χ2v) is 6.09. The fraction of sp³-hybridized carbons (Fsp3) is 0.526. The quantitative estimate of drug-likeness (QED) is 0.256. The number of hydrogen-bond donors (Lipinski definition) is 2. The Morgan fingerprint density at radius 2 is 1.92 bits per heavy atom. The van der Waals surface area contributed by atoms with Crippen LogP contribution in [0.4, 0.5) is 0 Å². The molecule has 1 aromatic heterocycles. The average molecular weight is 470 g/mol. The van der Waals surface area contributed by atoms with Gasteiger partial charge >= 0.3 is 0 Å². The van der Waals surface area contributed by atoms with Crippen LogP contribution in [0.25, 0.3) is 0 Å². The van der Waals surface area contributed by atoms with Gasteiger partial charge in [-0.25, -0.2) is 4.99 Å². The summed E-state index contributed by atoms with van der Waals surface area (Å²) in [5, 5.41) is 14.9. The molecule has 0 saturated carbocycles. The predicted octanol–water partition coefficient (Wildman–Crippen LogP) is 3.30. The molecular weight excluding hydrogens is 439 g/mol. The average Bonchev–Trinajstić information content (AvgIpc) is 3.08. The Morgan fingerprint density at radius 3 is 2.65 bits per heavy atom.